The molecule has 4 nitrogen and oxygen atoms in total. The Bertz CT molecular complexity index is 626. The van der Waals surface area contributed by atoms with Crippen LogP contribution in [0.4, 0.5) is 0 Å². The highest BCUT2D eigenvalue weighted by Crippen LogP contribution is 2.25. The van der Waals surface area contributed by atoms with Crippen molar-refractivity contribution >= 4 is 34.8 Å². The maximum Gasteiger partial charge on any atom is 0.240 e. The van der Waals surface area contributed by atoms with E-state index in [1.165, 1.54) is 0 Å². The van der Waals surface area contributed by atoms with Gasteiger partial charge in [-0.15, -0.1) is 0 Å². The summed E-state index contributed by atoms with van der Waals surface area (Å²) < 4.78 is 0. The summed E-state index contributed by atoms with van der Waals surface area (Å²) in [7, 11) is 0. The second kappa shape index (κ2) is 7.96. The quantitative estimate of drug-likeness (QED) is 0.851. The normalized spacial score (nSPS) is 11.7. The molecular weight excluding hydrogens is 320 g/mol. The Morgan fingerprint density at radius 1 is 1.14 bits per heavy atom. The standard InChI is InChI=1S/C16H17ClN2O2S/c1-2-14(20)18-9-15(21)19-16(12-7-8-22-10-12)11-3-5-13(17)6-4-11/h3-8,10,16H,2,9H2,1H3,(H,18,20)(H,19,21)/t16-/m1/s1. The van der Waals surface area contributed by atoms with E-state index in [4.69, 9.17) is 11.6 Å². The second-order valence-corrected chi connectivity index (χ2v) is 5.96. The molecule has 1 aromatic heterocycles. The van der Waals surface area contributed by atoms with Crippen LogP contribution in [-0.4, -0.2) is 18.4 Å². The lowest BCUT2D eigenvalue weighted by Crippen LogP contribution is -2.38. The number of nitrogens with one attached hydrogen (secondary N) is 2. The highest BCUT2D eigenvalue weighted by atomic mass is 35.5. The summed E-state index contributed by atoms with van der Waals surface area (Å²) in [5, 5.41) is 10.1. The Labute approximate surface area is 138 Å². The number of carbonyl (C=O) groups is 2. The molecule has 1 atom stereocenters. The fraction of sp³-hybridized carbons (Fsp3) is 0.250. The van der Waals surface area contributed by atoms with Gasteiger partial charge in [-0.05, 0) is 40.1 Å². The van der Waals surface area contributed by atoms with Crippen LogP contribution in [-0.2, 0) is 9.59 Å². The van der Waals surface area contributed by atoms with Crippen molar-refractivity contribution < 1.29 is 9.59 Å². The summed E-state index contributed by atoms with van der Waals surface area (Å²) in [6.07, 6.45) is 0.360. The van der Waals surface area contributed by atoms with Gasteiger partial charge < -0.3 is 10.6 Å². The molecule has 2 N–H and O–H groups in total. The topological polar surface area (TPSA) is 58.2 Å². The van der Waals surface area contributed by atoms with Crippen LogP contribution < -0.4 is 10.6 Å². The molecule has 6 heteroatoms. The van der Waals surface area contributed by atoms with E-state index in [0.29, 0.717) is 11.4 Å². The molecule has 2 aromatic rings. The third kappa shape index (κ3) is 4.58. The van der Waals surface area contributed by atoms with Gasteiger partial charge in [-0.1, -0.05) is 30.7 Å². The number of hydrogen-bond donors (Lipinski definition) is 2. The number of rotatable bonds is 6. The molecule has 0 fully saturated rings. The summed E-state index contributed by atoms with van der Waals surface area (Å²) in [4.78, 5) is 23.3. The van der Waals surface area contributed by atoms with E-state index < -0.39 is 0 Å². The molecule has 2 rings (SSSR count). The lowest BCUT2D eigenvalue weighted by Gasteiger charge is -2.19. The second-order valence-electron chi connectivity index (χ2n) is 4.74. The minimum atomic E-state index is -0.255. The first-order valence-corrected chi connectivity index (χ1v) is 8.26. The predicted octanol–water partition coefficient (Wildman–Crippen LogP) is 3.13. The van der Waals surface area contributed by atoms with Crippen LogP contribution in [0.2, 0.25) is 5.02 Å². The van der Waals surface area contributed by atoms with Gasteiger partial charge in [-0.25, -0.2) is 0 Å². The van der Waals surface area contributed by atoms with Gasteiger partial charge in [0.25, 0.3) is 0 Å². The third-order valence-corrected chi connectivity index (χ3v) is 4.11. The molecule has 0 saturated heterocycles. The lowest BCUT2D eigenvalue weighted by molar-refractivity contribution is -0.126. The Kier molecular flexibility index (Phi) is 5.98. The molecule has 0 spiro atoms. The fourth-order valence-corrected chi connectivity index (χ4v) is 2.78. The maximum atomic E-state index is 12.1. The first-order valence-electron chi connectivity index (χ1n) is 6.93. The molecule has 0 aliphatic heterocycles. The van der Waals surface area contributed by atoms with Crippen LogP contribution in [0.25, 0.3) is 0 Å². The number of hydrogen-bond acceptors (Lipinski definition) is 3. The van der Waals surface area contributed by atoms with Crippen molar-refractivity contribution in [2.75, 3.05) is 6.54 Å². The van der Waals surface area contributed by atoms with Crippen molar-refractivity contribution in [2.24, 2.45) is 0 Å². The van der Waals surface area contributed by atoms with E-state index in [0.717, 1.165) is 11.1 Å². The average Bonchev–Trinajstić information content (AvgIpc) is 3.05. The van der Waals surface area contributed by atoms with Gasteiger partial charge in [0.1, 0.15) is 0 Å². The molecule has 22 heavy (non-hydrogen) atoms. The summed E-state index contributed by atoms with van der Waals surface area (Å²) >= 11 is 7.48. The predicted molar refractivity (Wildman–Crippen MR) is 89.1 cm³/mol. The molecule has 1 heterocycles. The zero-order valence-corrected chi connectivity index (χ0v) is 13.7. The fourth-order valence-electron chi connectivity index (χ4n) is 1.97. The molecule has 0 bridgehead atoms. The average molecular weight is 337 g/mol. The monoisotopic (exact) mass is 336 g/mol. The Morgan fingerprint density at radius 2 is 1.86 bits per heavy atom. The lowest BCUT2D eigenvalue weighted by atomic mass is 10.0. The smallest absolute Gasteiger partial charge is 0.240 e. The number of benzene rings is 1. The highest BCUT2D eigenvalue weighted by Gasteiger charge is 2.17. The van der Waals surface area contributed by atoms with Gasteiger partial charge in [0.15, 0.2) is 0 Å². The van der Waals surface area contributed by atoms with E-state index in [9.17, 15) is 9.59 Å². The van der Waals surface area contributed by atoms with Gasteiger partial charge in [0, 0.05) is 11.4 Å². The number of amides is 2. The zero-order chi connectivity index (χ0) is 15.9. The van der Waals surface area contributed by atoms with Crippen LogP contribution >= 0.6 is 22.9 Å². The molecular formula is C16H17ClN2O2S. The van der Waals surface area contributed by atoms with E-state index in [1.807, 2.05) is 29.0 Å². The molecule has 2 amide bonds. The Hall–Kier alpha value is -1.85. The van der Waals surface area contributed by atoms with E-state index >= 15 is 0 Å². The summed E-state index contributed by atoms with van der Waals surface area (Å²) in [5.74, 6) is -0.373. The zero-order valence-electron chi connectivity index (χ0n) is 12.1. The first-order chi connectivity index (χ1) is 10.6. The highest BCUT2D eigenvalue weighted by molar-refractivity contribution is 7.08. The summed E-state index contributed by atoms with van der Waals surface area (Å²) in [5.41, 5.74) is 1.94. The largest absolute Gasteiger partial charge is 0.347 e. The Morgan fingerprint density at radius 3 is 2.45 bits per heavy atom. The van der Waals surface area contributed by atoms with Gasteiger partial charge in [-0.2, -0.15) is 11.3 Å². The van der Waals surface area contributed by atoms with Gasteiger partial charge in [-0.3, -0.25) is 9.59 Å². The van der Waals surface area contributed by atoms with Gasteiger partial charge >= 0.3 is 0 Å². The van der Waals surface area contributed by atoms with Crippen molar-refractivity contribution in [3.8, 4) is 0 Å². The van der Waals surface area contributed by atoms with Crippen molar-refractivity contribution in [1.29, 1.82) is 0 Å². The Balaban J connectivity index is 2.10. The molecule has 0 radical (unpaired) electrons. The molecule has 0 aliphatic rings. The molecule has 0 aliphatic carbocycles. The van der Waals surface area contributed by atoms with E-state index in [-0.39, 0.29) is 24.4 Å². The number of halogens is 1. The van der Waals surface area contributed by atoms with Gasteiger partial charge in [0.2, 0.25) is 11.8 Å². The summed E-state index contributed by atoms with van der Waals surface area (Å²) in [6, 6.07) is 9.07. The van der Waals surface area contributed by atoms with Crippen LogP contribution in [0.15, 0.2) is 41.1 Å². The molecule has 0 unspecified atom stereocenters. The first kappa shape index (κ1) is 16.5. The van der Waals surface area contributed by atoms with Crippen molar-refractivity contribution in [2.45, 2.75) is 19.4 Å². The van der Waals surface area contributed by atoms with Crippen molar-refractivity contribution in [3.05, 3.63) is 57.2 Å². The minimum Gasteiger partial charge on any atom is -0.347 e. The molecule has 1 aromatic carbocycles. The van der Waals surface area contributed by atoms with E-state index in [1.54, 1.807) is 30.4 Å². The van der Waals surface area contributed by atoms with Crippen LogP contribution in [0.1, 0.15) is 30.5 Å². The summed E-state index contributed by atoms with van der Waals surface area (Å²) in [6.45, 7) is 1.72. The molecule has 116 valence electrons. The van der Waals surface area contributed by atoms with E-state index in [2.05, 4.69) is 10.6 Å². The molecule has 0 saturated carbocycles. The van der Waals surface area contributed by atoms with Crippen molar-refractivity contribution in [1.82, 2.24) is 10.6 Å². The number of carbonyl (C=O) groups excluding carboxylic acids is 2. The SMILES string of the molecule is CCC(=O)NCC(=O)N[C@H](c1ccc(Cl)cc1)c1ccsc1. The van der Waals surface area contributed by atoms with Crippen LogP contribution in [0.5, 0.6) is 0 Å². The van der Waals surface area contributed by atoms with Crippen LogP contribution in [0, 0.1) is 0 Å². The minimum absolute atomic E-state index is 0.0269. The number of thiophene rings is 1. The van der Waals surface area contributed by atoms with Gasteiger partial charge in [0.05, 0.1) is 12.6 Å². The van der Waals surface area contributed by atoms with Crippen LogP contribution in [0.3, 0.4) is 0 Å². The van der Waals surface area contributed by atoms with Crippen molar-refractivity contribution in [3.63, 3.8) is 0 Å². The third-order valence-electron chi connectivity index (χ3n) is 3.15. The maximum absolute atomic E-state index is 12.1.